The molecule has 3 heteroatoms. The summed E-state index contributed by atoms with van der Waals surface area (Å²) in [6.07, 6.45) is 0.414. The monoisotopic (exact) mass is 302 g/mol. The summed E-state index contributed by atoms with van der Waals surface area (Å²) in [7, 11) is 0. The number of aliphatic hydroxyl groups excluding tert-OH is 1. The average Bonchev–Trinajstić information content (AvgIpc) is 2.96. The predicted molar refractivity (Wildman–Crippen MR) is 87.3 cm³/mol. The average molecular weight is 302 g/mol. The number of hydrogen-bond donors (Lipinski definition) is 1. The molecule has 1 N–H and O–H groups in total. The van der Waals surface area contributed by atoms with E-state index in [1.807, 2.05) is 18.2 Å². The first-order valence-electron chi connectivity index (χ1n) is 7.47. The van der Waals surface area contributed by atoms with Crippen molar-refractivity contribution in [1.82, 2.24) is 0 Å². The lowest BCUT2D eigenvalue weighted by atomic mass is 9.87. The second-order valence-electron chi connectivity index (χ2n) is 6.68. The molecule has 3 rings (SSSR count). The zero-order valence-electron chi connectivity index (χ0n) is 12.8. The molecule has 1 aliphatic heterocycles. The van der Waals surface area contributed by atoms with Gasteiger partial charge in [0.2, 0.25) is 0 Å². The number of thiophene rings is 1. The number of fused-ring (bicyclic) bond motifs is 1. The van der Waals surface area contributed by atoms with E-state index in [1.54, 1.807) is 11.3 Å². The van der Waals surface area contributed by atoms with Crippen molar-refractivity contribution in [1.29, 1.82) is 0 Å². The van der Waals surface area contributed by atoms with Crippen LogP contribution in [0.3, 0.4) is 0 Å². The Hall–Kier alpha value is -1.32. The fourth-order valence-corrected chi connectivity index (χ4v) is 3.93. The SMILES string of the molecule is CC(C)(C)c1ccc(C(O)C2CCOc3ccccc32)s1. The Morgan fingerprint density at radius 3 is 2.67 bits per heavy atom. The van der Waals surface area contributed by atoms with E-state index in [0.717, 1.165) is 22.6 Å². The molecular weight excluding hydrogens is 280 g/mol. The largest absolute Gasteiger partial charge is 0.493 e. The molecule has 2 atom stereocenters. The summed E-state index contributed by atoms with van der Waals surface area (Å²) in [5.41, 5.74) is 1.26. The van der Waals surface area contributed by atoms with Gasteiger partial charge in [0.25, 0.3) is 0 Å². The highest BCUT2D eigenvalue weighted by Crippen LogP contribution is 2.43. The maximum Gasteiger partial charge on any atom is 0.122 e. The Balaban J connectivity index is 1.89. The van der Waals surface area contributed by atoms with E-state index in [1.165, 1.54) is 4.88 Å². The summed E-state index contributed by atoms with van der Waals surface area (Å²) in [5.74, 6) is 1.04. The van der Waals surface area contributed by atoms with Gasteiger partial charge in [0.05, 0.1) is 12.7 Å². The molecule has 0 spiro atoms. The number of aliphatic hydroxyl groups is 1. The highest BCUT2D eigenvalue weighted by Gasteiger charge is 2.30. The molecule has 0 saturated heterocycles. The topological polar surface area (TPSA) is 29.5 Å². The van der Waals surface area contributed by atoms with Gasteiger partial charge in [-0.15, -0.1) is 11.3 Å². The lowest BCUT2D eigenvalue weighted by Gasteiger charge is -2.29. The molecule has 21 heavy (non-hydrogen) atoms. The van der Waals surface area contributed by atoms with Crippen LogP contribution < -0.4 is 4.74 Å². The number of para-hydroxylation sites is 1. The highest BCUT2D eigenvalue weighted by atomic mass is 32.1. The quantitative estimate of drug-likeness (QED) is 0.875. The summed E-state index contributed by atoms with van der Waals surface area (Å²) < 4.78 is 5.69. The van der Waals surface area contributed by atoms with Gasteiger partial charge in [-0.3, -0.25) is 0 Å². The molecule has 2 nitrogen and oxygen atoms in total. The molecule has 1 aromatic carbocycles. The maximum absolute atomic E-state index is 10.8. The standard InChI is InChI=1S/C18H22O2S/c1-18(2,3)16-9-8-15(21-16)17(19)13-10-11-20-14-7-5-4-6-12(13)14/h4-9,13,17,19H,10-11H2,1-3H3. The summed E-state index contributed by atoms with van der Waals surface area (Å²) in [4.78, 5) is 2.37. The van der Waals surface area contributed by atoms with Crippen molar-refractivity contribution in [3.05, 3.63) is 51.7 Å². The van der Waals surface area contributed by atoms with Crippen LogP contribution in [0.15, 0.2) is 36.4 Å². The Morgan fingerprint density at radius 1 is 1.19 bits per heavy atom. The maximum atomic E-state index is 10.8. The molecule has 2 aromatic rings. The molecule has 0 bridgehead atoms. The smallest absolute Gasteiger partial charge is 0.122 e. The molecule has 0 fully saturated rings. The third-order valence-electron chi connectivity index (χ3n) is 4.04. The minimum absolute atomic E-state index is 0.126. The summed E-state index contributed by atoms with van der Waals surface area (Å²) in [6.45, 7) is 7.30. The van der Waals surface area contributed by atoms with Crippen molar-refractivity contribution in [2.45, 2.75) is 44.6 Å². The molecule has 1 aromatic heterocycles. The van der Waals surface area contributed by atoms with Gasteiger partial charge in [0.15, 0.2) is 0 Å². The van der Waals surface area contributed by atoms with E-state index >= 15 is 0 Å². The van der Waals surface area contributed by atoms with Crippen molar-refractivity contribution >= 4 is 11.3 Å². The molecule has 0 saturated carbocycles. The second kappa shape index (κ2) is 5.47. The van der Waals surface area contributed by atoms with E-state index < -0.39 is 6.10 Å². The van der Waals surface area contributed by atoms with Crippen LogP contribution in [0, 0.1) is 0 Å². The van der Waals surface area contributed by atoms with E-state index in [9.17, 15) is 5.11 Å². The fraction of sp³-hybridized carbons (Fsp3) is 0.444. The van der Waals surface area contributed by atoms with E-state index in [2.05, 4.69) is 39.0 Å². The normalized spacial score (nSPS) is 19.7. The van der Waals surface area contributed by atoms with Crippen LogP contribution in [-0.2, 0) is 5.41 Å². The van der Waals surface area contributed by atoms with Crippen molar-refractivity contribution in [3.63, 3.8) is 0 Å². The molecule has 112 valence electrons. The van der Waals surface area contributed by atoms with Crippen LogP contribution in [-0.4, -0.2) is 11.7 Å². The van der Waals surface area contributed by atoms with Crippen LogP contribution in [0.1, 0.15) is 54.5 Å². The number of ether oxygens (including phenoxy) is 1. The van der Waals surface area contributed by atoms with Gasteiger partial charge in [-0.05, 0) is 30.0 Å². The lowest BCUT2D eigenvalue weighted by Crippen LogP contribution is -2.19. The van der Waals surface area contributed by atoms with E-state index in [-0.39, 0.29) is 11.3 Å². The van der Waals surface area contributed by atoms with Crippen molar-refractivity contribution in [3.8, 4) is 5.75 Å². The third-order valence-corrected chi connectivity index (χ3v) is 5.63. The van der Waals surface area contributed by atoms with Crippen LogP contribution in [0.2, 0.25) is 0 Å². The van der Waals surface area contributed by atoms with Gasteiger partial charge in [0, 0.05) is 21.2 Å². The zero-order chi connectivity index (χ0) is 15.0. The van der Waals surface area contributed by atoms with Gasteiger partial charge in [-0.2, -0.15) is 0 Å². The van der Waals surface area contributed by atoms with Crippen molar-refractivity contribution < 1.29 is 9.84 Å². The lowest BCUT2D eigenvalue weighted by molar-refractivity contribution is 0.120. The molecule has 0 amide bonds. The fourth-order valence-electron chi connectivity index (χ4n) is 2.81. The van der Waals surface area contributed by atoms with Gasteiger partial charge in [-0.1, -0.05) is 39.0 Å². The van der Waals surface area contributed by atoms with E-state index in [0.29, 0.717) is 6.61 Å². The van der Waals surface area contributed by atoms with Crippen LogP contribution in [0.25, 0.3) is 0 Å². The van der Waals surface area contributed by atoms with Crippen LogP contribution in [0.4, 0.5) is 0 Å². The molecule has 0 radical (unpaired) electrons. The van der Waals surface area contributed by atoms with Crippen LogP contribution >= 0.6 is 11.3 Å². The summed E-state index contributed by atoms with van der Waals surface area (Å²) >= 11 is 1.73. The first kappa shape index (κ1) is 14.6. The van der Waals surface area contributed by atoms with E-state index in [4.69, 9.17) is 4.74 Å². The number of rotatable bonds is 2. The minimum atomic E-state index is -0.448. The van der Waals surface area contributed by atoms with Gasteiger partial charge in [-0.25, -0.2) is 0 Å². The Labute approximate surface area is 130 Å². The molecule has 0 aliphatic carbocycles. The molecule has 1 aliphatic rings. The first-order chi connectivity index (χ1) is 9.97. The Morgan fingerprint density at radius 2 is 1.95 bits per heavy atom. The van der Waals surface area contributed by atoms with Gasteiger partial charge in [0.1, 0.15) is 5.75 Å². The zero-order valence-corrected chi connectivity index (χ0v) is 13.6. The number of benzene rings is 1. The van der Waals surface area contributed by atoms with Crippen molar-refractivity contribution in [2.75, 3.05) is 6.61 Å². The minimum Gasteiger partial charge on any atom is -0.493 e. The Kier molecular flexibility index (Phi) is 3.80. The molecular formula is C18H22O2S. The van der Waals surface area contributed by atoms with Crippen molar-refractivity contribution in [2.24, 2.45) is 0 Å². The van der Waals surface area contributed by atoms with Crippen LogP contribution in [0.5, 0.6) is 5.75 Å². The summed E-state index contributed by atoms with van der Waals surface area (Å²) in [5, 5.41) is 10.8. The van der Waals surface area contributed by atoms with Gasteiger partial charge >= 0.3 is 0 Å². The Bertz CT molecular complexity index is 624. The number of hydrogen-bond acceptors (Lipinski definition) is 3. The summed E-state index contributed by atoms with van der Waals surface area (Å²) in [6, 6.07) is 12.3. The first-order valence-corrected chi connectivity index (χ1v) is 8.28. The van der Waals surface area contributed by atoms with Gasteiger partial charge < -0.3 is 9.84 Å². The third kappa shape index (κ3) is 2.85. The molecule has 2 heterocycles. The highest BCUT2D eigenvalue weighted by molar-refractivity contribution is 7.12. The predicted octanol–water partition coefficient (Wildman–Crippen LogP) is 4.65. The molecule has 2 unspecified atom stereocenters. The second-order valence-corrected chi connectivity index (χ2v) is 7.79.